The Morgan fingerprint density at radius 2 is 2.15 bits per heavy atom. The van der Waals surface area contributed by atoms with E-state index in [0.29, 0.717) is 35.4 Å². The fourth-order valence-electron chi connectivity index (χ4n) is 3.36. The summed E-state index contributed by atoms with van der Waals surface area (Å²) in [6.07, 6.45) is 0.857. The Bertz CT molecular complexity index is 876. The van der Waals surface area contributed by atoms with Gasteiger partial charge in [-0.1, -0.05) is 6.92 Å². The average molecular weight is 376 g/mol. The molecule has 8 nitrogen and oxygen atoms in total. The second-order valence-electron chi connectivity index (χ2n) is 6.34. The van der Waals surface area contributed by atoms with Crippen molar-refractivity contribution in [3.8, 4) is 11.6 Å². The Hall–Kier alpha value is -2.97. The number of methoxy groups -OCH3 is 1. The van der Waals surface area contributed by atoms with E-state index in [4.69, 9.17) is 15.2 Å². The quantitative estimate of drug-likeness (QED) is 0.754. The molecule has 1 saturated heterocycles. The summed E-state index contributed by atoms with van der Waals surface area (Å²) in [4.78, 5) is 31.3. The van der Waals surface area contributed by atoms with Gasteiger partial charge in [0.1, 0.15) is 12.1 Å². The van der Waals surface area contributed by atoms with Gasteiger partial charge in [-0.3, -0.25) is 9.59 Å². The number of ether oxygens (including phenoxy) is 2. The number of nitrogens with one attached hydrogen (secondary N) is 1. The highest BCUT2D eigenvalue weighted by Gasteiger charge is 2.41. The van der Waals surface area contributed by atoms with Crippen LogP contribution in [0.1, 0.15) is 30.1 Å². The summed E-state index contributed by atoms with van der Waals surface area (Å²) in [6, 6.07) is 2.83. The molecule has 0 bridgehead atoms. The molecule has 0 radical (unpaired) electrons. The van der Waals surface area contributed by atoms with Crippen LogP contribution in [0, 0.1) is 5.92 Å². The van der Waals surface area contributed by atoms with Crippen molar-refractivity contribution in [2.75, 3.05) is 13.7 Å². The summed E-state index contributed by atoms with van der Waals surface area (Å²) in [5.74, 6) is -0.949. The smallest absolute Gasteiger partial charge is 0.255 e. The van der Waals surface area contributed by atoms with Crippen molar-refractivity contribution < 1.29 is 23.5 Å². The normalized spacial score (nSPS) is 21.9. The van der Waals surface area contributed by atoms with Crippen molar-refractivity contribution >= 4 is 22.7 Å². The SMILES string of the molecule is CC[C@@H]1[C@H](F)C(=O)N[C@@H]1CCOc1ncnc2cc(C(N)=O)c(OC)cc12. The van der Waals surface area contributed by atoms with Crippen LogP contribution in [-0.4, -0.2) is 47.7 Å². The summed E-state index contributed by atoms with van der Waals surface area (Å²) >= 11 is 0. The van der Waals surface area contributed by atoms with Crippen LogP contribution in [0.3, 0.4) is 0 Å². The molecule has 144 valence electrons. The van der Waals surface area contributed by atoms with Crippen LogP contribution in [-0.2, 0) is 4.79 Å². The Morgan fingerprint density at radius 3 is 2.81 bits per heavy atom. The van der Waals surface area contributed by atoms with Gasteiger partial charge in [0.15, 0.2) is 6.17 Å². The van der Waals surface area contributed by atoms with Gasteiger partial charge >= 0.3 is 0 Å². The zero-order valence-electron chi connectivity index (χ0n) is 15.1. The molecule has 2 aromatic rings. The molecule has 1 aromatic carbocycles. The maximum atomic E-state index is 13.9. The van der Waals surface area contributed by atoms with Crippen molar-refractivity contribution in [2.24, 2.45) is 11.7 Å². The van der Waals surface area contributed by atoms with E-state index in [1.165, 1.54) is 19.5 Å². The largest absolute Gasteiger partial charge is 0.496 e. The van der Waals surface area contributed by atoms with Crippen LogP contribution >= 0.6 is 0 Å². The Morgan fingerprint density at radius 1 is 1.37 bits per heavy atom. The maximum Gasteiger partial charge on any atom is 0.255 e. The second-order valence-corrected chi connectivity index (χ2v) is 6.34. The fraction of sp³-hybridized carbons (Fsp3) is 0.444. The van der Waals surface area contributed by atoms with E-state index in [9.17, 15) is 14.0 Å². The first-order chi connectivity index (χ1) is 13.0. The number of rotatable bonds is 7. The van der Waals surface area contributed by atoms with E-state index < -0.39 is 18.0 Å². The number of primary amides is 1. The van der Waals surface area contributed by atoms with Crippen molar-refractivity contribution in [1.82, 2.24) is 15.3 Å². The Labute approximate surface area is 155 Å². The van der Waals surface area contributed by atoms with Crippen LogP contribution in [0.2, 0.25) is 0 Å². The van der Waals surface area contributed by atoms with Gasteiger partial charge in [0, 0.05) is 18.4 Å². The molecule has 1 aromatic heterocycles. The van der Waals surface area contributed by atoms with Crippen molar-refractivity contribution in [3.05, 3.63) is 24.0 Å². The van der Waals surface area contributed by atoms with Crippen molar-refractivity contribution in [3.63, 3.8) is 0 Å². The predicted molar refractivity (Wildman–Crippen MR) is 95.3 cm³/mol. The highest BCUT2D eigenvalue weighted by molar-refractivity contribution is 6.00. The minimum Gasteiger partial charge on any atom is -0.496 e. The lowest BCUT2D eigenvalue weighted by atomic mass is 9.94. The topological polar surface area (TPSA) is 116 Å². The highest BCUT2D eigenvalue weighted by Crippen LogP contribution is 2.30. The number of aromatic nitrogens is 2. The third-order valence-corrected chi connectivity index (χ3v) is 4.80. The predicted octanol–water partition coefficient (Wildman–Crippen LogP) is 1.37. The molecule has 9 heteroatoms. The zero-order chi connectivity index (χ0) is 19.6. The van der Waals surface area contributed by atoms with E-state index in [2.05, 4.69) is 15.3 Å². The molecular weight excluding hydrogens is 355 g/mol. The fourth-order valence-corrected chi connectivity index (χ4v) is 3.36. The van der Waals surface area contributed by atoms with Gasteiger partial charge in [0.2, 0.25) is 5.88 Å². The summed E-state index contributed by atoms with van der Waals surface area (Å²) in [6.45, 7) is 2.09. The first-order valence-electron chi connectivity index (χ1n) is 8.66. The lowest BCUT2D eigenvalue weighted by Crippen LogP contribution is -2.30. The van der Waals surface area contributed by atoms with Gasteiger partial charge in [-0.05, 0) is 18.6 Å². The number of alkyl halides is 1. The third kappa shape index (κ3) is 3.62. The maximum absolute atomic E-state index is 13.9. The van der Waals surface area contributed by atoms with Gasteiger partial charge in [0.05, 0.1) is 30.2 Å². The second kappa shape index (κ2) is 7.73. The number of hydrogen-bond acceptors (Lipinski definition) is 6. The molecule has 0 spiro atoms. The Balaban J connectivity index is 1.77. The van der Waals surface area contributed by atoms with Crippen molar-refractivity contribution in [2.45, 2.75) is 32.0 Å². The number of fused-ring (bicyclic) bond motifs is 1. The molecular formula is C18H21FN4O4. The molecule has 0 saturated carbocycles. The van der Waals surface area contributed by atoms with E-state index in [-0.39, 0.29) is 24.1 Å². The van der Waals surface area contributed by atoms with Gasteiger partial charge in [-0.25, -0.2) is 14.4 Å². The first kappa shape index (κ1) is 18.8. The molecule has 0 aliphatic carbocycles. The molecule has 27 heavy (non-hydrogen) atoms. The number of nitrogens with two attached hydrogens (primary N) is 1. The van der Waals surface area contributed by atoms with E-state index in [0.717, 1.165) is 0 Å². The molecule has 2 amide bonds. The molecule has 1 aliphatic heterocycles. The lowest BCUT2D eigenvalue weighted by Gasteiger charge is -2.18. The average Bonchev–Trinajstić information content (AvgIpc) is 2.93. The summed E-state index contributed by atoms with van der Waals surface area (Å²) in [5, 5.41) is 3.23. The van der Waals surface area contributed by atoms with Crippen LogP contribution in [0.15, 0.2) is 18.5 Å². The molecule has 3 N–H and O–H groups in total. The number of nitrogens with zero attached hydrogens (tertiary/aromatic N) is 2. The minimum absolute atomic E-state index is 0.211. The summed E-state index contributed by atoms with van der Waals surface area (Å²) < 4.78 is 24.8. The monoisotopic (exact) mass is 376 g/mol. The Kier molecular flexibility index (Phi) is 5.38. The lowest BCUT2D eigenvalue weighted by molar-refractivity contribution is -0.123. The summed E-state index contributed by atoms with van der Waals surface area (Å²) in [5.41, 5.74) is 6.06. The first-order valence-corrected chi connectivity index (χ1v) is 8.66. The van der Waals surface area contributed by atoms with Crippen LogP contribution in [0.25, 0.3) is 10.9 Å². The van der Waals surface area contributed by atoms with Crippen molar-refractivity contribution in [1.29, 1.82) is 0 Å². The van der Waals surface area contributed by atoms with Crippen LogP contribution in [0.5, 0.6) is 11.6 Å². The van der Waals surface area contributed by atoms with Gasteiger partial charge in [-0.2, -0.15) is 0 Å². The number of carbonyl (C=O) groups excluding carboxylic acids is 2. The number of amides is 2. The number of carbonyl (C=O) groups is 2. The number of benzene rings is 1. The molecule has 0 unspecified atom stereocenters. The molecule has 2 heterocycles. The van der Waals surface area contributed by atoms with Crippen LogP contribution < -0.4 is 20.5 Å². The molecule has 3 rings (SSSR count). The van der Waals surface area contributed by atoms with E-state index in [1.807, 2.05) is 6.92 Å². The van der Waals surface area contributed by atoms with E-state index >= 15 is 0 Å². The van der Waals surface area contributed by atoms with Gasteiger partial charge in [-0.15, -0.1) is 0 Å². The zero-order valence-corrected chi connectivity index (χ0v) is 15.1. The standard InChI is InChI=1S/C18H21FN4O4/c1-3-9-12(23-17(25)15(9)19)4-5-27-18-10-7-14(26-2)11(16(20)24)6-13(10)21-8-22-18/h6-9,12,15H,3-5H2,1-2H3,(H2,20,24)(H,23,25)/t9-,12+,15-/m0/s1. The summed E-state index contributed by atoms with van der Waals surface area (Å²) in [7, 11) is 1.43. The minimum atomic E-state index is -1.48. The number of halogens is 1. The third-order valence-electron chi connectivity index (χ3n) is 4.80. The van der Waals surface area contributed by atoms with E-state index in [1.54, 1.807) is 6.07 Å². The number of hydrogen-bond donors (Lipinski definition) is 2. The van der Waals surface area contributed by atoms with Gasteiger partial charge in [0.25, 0.3) is 11.8 Å². The van der Waals surface area contributed by atoms with Crippen LogP contribution in [0.4, 0.5) is 4.39 Å². The molecule has 1 fully saturated rings. The molecule has 3 atom stereocenters. The van der Waals surface area contributed by atoms with Gasteiger partial charge < -0.3 is 20.5 Å². The molecule has 1 aliphatic rings. The highest BCUT2D eigenvalue weighted by atomic mass is 19.1.